The minimum atomic E-state index is 0.438. The van der Waals surface area contributed by atoms with Crippen LogP contribution in [0.3, 0.4) is 0 Å². The highest BCUT2D eigenvalue weighted by atomic mass is 15.3. The Morgan fingerprint density at radius 2 is 1.80 bits per heavy atom. The van der Waals surface area contributed by atoms with Crippen molar-refractivity contribution in [3.8, 4) is 11.3 Å². The fraction of sp³-hybridized carbons (Fsp3) is 0.538. The molecule has 5 heterocycles. The van der Waals surface area contributed by atoms with E-state index in [-0.39, 0.29) is 0 Å². The van der Waals surface area contributed by atoms with Crippen LogP contribution in [0.2, 0.25) is 0 Å². The fourth-order valence-corrected chi connectivity index (χ4v) is 5.78. The lowest BCUT2D eigenvalue weighted by atomic mass is 9.90. The molecule has 0 aromatic carbocycles. The first kappa shape index (κ1) is 22.4. The second-order valence-electron chi connectivity index (χ2n) is 10.1. The number of nitrogens with zero attached hydrogens (tertiary/aromatic N) is 8. The van der Waals surface area contributed by atoms with Gasteiger partial charge in [-0.1, -0.05) is 0 Å². The summed E-state index contributed by atoms with van der Waals surface area (Å²) in [5.74, 6) is 1.69. The van der Waals surface area contributed by atoms with Crippen LogP contribution in [-0.2, 0) is 6.54 Å². The Morgan fingerprint density at radius 3 is 2.57 bits per heavy atom. The molecule has 2 fully saturated rings. The first-order valence-electron chi connectivity index (χ1n) is 13.0. The summed E-state index contributed by atoms with van der Waals surface area (Å²) < 4.78 is 4.06. The van der Waals surface area contributed by atoms with Crippen LogP contribution in [0.1, 0.15) is 38.4 Å². The highest BCUT2D eigenvalue weighted by molar-refractivity contribution is 5.82. The summed E-state index contributed by atoms with van der Waals surface area (Å²) in [6, 6.07) is 7.33. The maximum atomic E-state index is 4.93. The summed E-state index contributed by atoms with van der Waals surface area (Å²) in [4.78, 5) is 19.4. The predicted octanol–water partition coefficient (Wildman–Crippen LogP) is 3.44. The van der Waals surface area contributed by atoms with Crippen molar-refractivity contribution < 1.29 is 0 Å². The van der Waals surface area contributed by atoms with Crippen LogP contribution in [-0.4, -0.2) is 84.2 Å². The molecular formula is C26H35N9. The summed E-state index contributed by atoms with van der Waals surface area (Å²) in [6.45, 7) is 9.79. The number of likely N-dealkylation sites (N-methyl/N-ethyl adjacent to an activating group) is 1. The number of pyridine rings is 1. The number of anilines is 1. The van der Waals surface area contributed by atoms with E-state index < -0.39 is 0 Å². The number of aromatic nitrogens is 6. The van der Waals surface area contributed by atoms with Gasteiger partial charge < -0.3 is 14.8 Å². The molecule has 0 amide bonds. The van der Waals surface area contributed by atoms with Crippen LogP contribution in [0.5, 0.6) is 0 Å². The molecule has 1 aliphatic heterocycles. The van der Waals surface area contributed by atoms with Crippen molar-refractivity contribution in [2.45, 2.75) is 58.2 Å². The van der Waals surface area contributed by atoms with Crippen molar-refractivity contribution in [2.24, 2.45) is 0 Å². The van der Waals surface area contributed by atoms with Gasteiger partial charge in [-0.2, -0.15) is 0 Å². The lowest BCUT2D eigenvalue weighted by Crippen LogP contribution is -2.50. The van der Waals surface area contributed by atoms with Crippen molar-refractivity contribution in [3.05, 3.63) is 36.4 Å². The van der Waals surface area contributed by atoms with E-state index in [1.807, 2.05) is 29.9 Å². The zero-order chi connectivity index (χ0) is 23.9. The maximum absolute atomic E-state index is 4.93. The number of hydrogen-bond acceptors (Lipinski definition) is 7. The van der Waals surface area contributed by atoms with E-state index in [2.05, 4.69) is 55.8 Å². The van der Waals surface area contributed by atoms with Gasteiger partial charge in [-0.25, -0.2) is 19.5 Å². The normalized spacial score (nSPS) is 22.3. The van der Waals surface area contributed by atoms with Crippen LogP contribution in [0.15, 0.2) is 30.6 Å². The van der Waals surface area contributed by atoms with Crippen LogP contribution in [0, 0.1) is 6.92 Å². The topological polar surface area (TPSA) is 79.4 Å². The lowest BCUT2D eigenvalue weighted by Gasteiger charge is -2.41. The molecule has 0 radical (unpaired) electrons. The molecule has 0 unspecified atom stereocenters. The summed E-state index contributed by atoms with van der Waals surface area (Å²) in [5, 5.41) is 8.36. The summed E-state index contributed by atoms with van der Waals surface area (Å²) in [7, 11) is 2.22. The second-order valence-corrected chi connectivity index (χ2v) is 10.1. The Labute approximate surface area is 206 Å². The quantitative estimate of drug-likeness (QED) is 0.476. The van der Waals surface area contributed by atoms with Crippen LogP contribution >= 0.6 is 0 Å². The van der Waals surface area contributed by atoms with Crippen LogP contribution in [0.4, 0.5) is 5.95 Å². The standard InChI is InChI=1S/C26H35N9/c1-4-34-18(2)28-23-10-9-22(30-25(23)34)21-11-12-35-24(21)17-27-26(31-35)29-19-5-7-20(8-6-19)33-15-13-32(3)14-16-33/h9-12,17,19-20H,4-8,13-16H2,1-3H3,(H,29,31)/t19-,20-. The van der Waals surface area contributed by atoms with Crippen molar-refractivity contribution in [1.29, 1.82) is 0 Å². The Morgan fingerprint density at radius 1 is 1.00 bits per heavy atom. The van der Waals surface area contributed by atoms with Gasteiger partial charge in [0.05, 0.1) is 17.4 Å². The van der Waals surface area contributed by atoms with E-state index in [0.29, 0.717) is 12.0 Å². The molecule has 35 heavy (non-hydrogen) atoms. The number of nitrogens with one attached hydrogen (secondary N) is 1. The maximum Gasteiger partial charge on any atom is 0.241 e. The Bertz CT molecular complexity index is 1320. The van der Waals surface area contributed by atoms with Gasteiger partial charge in [0.2, 0.25) is 5.95 Å². The molecule has 4 aromatic rings. The largest absolute Gasteiger partial charge is 0.350 e. The van der Waals surface area contributed by atoms with Gasteiger partial charge >= 0.3 is 0 Å². The summed E-state index contributed by atoms with van der Waals surface area (Å²) in [5.41, 5.74) is 4.77. The van der Waals surface area contributed by atoms with Crippen molar-refractivity contribution in [1.82, 2.24) is 38.9 Å². The number of aryl methyl sites for hydroxylation is 2. The van der Waals surface area contributed by atoms with Gasteiger partial charge in [-0.15, -0.1) is 5.10 Å². The average Bonchev–Trinajstić information content (AvgIpc) is 3.44. The summed E-state index contributed by atoms with van der Waals surface area (Å²) >= 11 is 0. The van der Waals surface area contributed by atoms with Gasteiger partial charge in [-0.05, 0) is 64.8 Å². The first-order chi connectivity index (χ1) is 17.1. The monoisotopic (exact) mass is 473 g/mol. The highest BCUT2D eigenvalue weighted by Crippen LogP contribution is 2.28. The van der Waals surface area contributed by atoms with E-state index in [4.69, 9.17) is 10.1 Å². The zero-order valence-corrected chi connectivity index (χ0v) is 21.0. The van der Waals surface area contributed by atoms with E-state index in [9.17, 15) is 0 Å². The number of piperazine rings is 1. The third-order valence-electron chi connectivity index (χ3n) is 7.88. The van der Waals surface area contributed by atoms with Gasteiger partial charge in [0.15, 0.2) is 5.65 Å². The van der Waals surface area contributed by atoms with Gasteiger partial charge in [0, 0.05) is 56.6 Å². The summed E-state index contributed by atoms with van der Waals surface area (Å²) in [6.07, 6.45) is 8.75. The molecule has 184 valence electrons. The molecule has 4 aromatic heterocycles. The lowest BCUT2D eigenvalue weighted by molar-refractivity contribution is 0.0893. The van der Waals surface area contributed by atoms with Crippen LogP contribution < -0.4 is 5.32 Å². The van der Waals surface area contributed by atoms with Gasteiger partial charge in [0.1, 0.15) is 11.3 Å². The minimum absolute atomic E-state index is 0.438. The Balaban J connectivity index is 1.15. The molecule has 1 N–H and O–H groups in total. The van der Waals surface area contributed by atoms with E-state index >= 15 is 0 Å². The van der Waals surface area contributed by atoms with E-state index in [1.54, 1.807) is 0 Å². The smallest absolute Gasteiger partial charge is 0.241 e. The number of fused-ring (bicyclic) bond motifs is 2. The Hall–Kier alpha value is -3.04. The predicted molar refractivity (Wildman–Crippen MR) is 139 cm³/mol. The number of rotatable bonds is 5. The van der Waals surface area contributed by atoms with E-state index in [0.717, 1.165) is 46.3 Å². The van der Waals surface area contributed by atoms with Crippen LogP contribution in [0.25, 0.3) is 27.9 Å². The first-order valence-corrected chi connectivity index (χ1v) is 13.0. The van der Waals surface area contributed by atoms with Crippen molar-refractivity contribution in [3.63, 3.8) is 0 Å². The molecule has 0 spiro atoms. The third-order valence-corrected chi connectivity index (χ3v) is 7.88. The highest BCUT2D eigenvalue weighted by Gasteiger charge is 2.28. The molecule has 9 nitrogen and oxygen atoms in total. The fourth-order valence-electron chi connectivity index (χ4n) is 5.78. The third kappa shape index (κ3) is 4.27. The minimum Gasteiger partial charge on any atom is -0.350 e. The second kappa shape index (κ2) is 9.20. The van der Waals surface area contributed by atoms with Gasteiger partial charge in [-0.3, -0.25) is 4.90 Å². The molecule has 1 saturated carbocycles. The molecule has 0 atom stereocenters. The van der Waals surface area contributed by atoms with Crippen molar-refractivity contribution >= 4 is 22.6 Å². The molecule has 0 bridgehead atoms. The molecule has 9 heteroatoms. The number of imidazole rings is 1. The molecular weight excluding hydrogens is 438 g/mol. The van der Waals surface area contributed by atoms with E-state index in [1.165, 1.54) is 51.9 Å². The molecule has 6 rings (SSSR count). The SMILES string of the molecule is CCn1c(C)nc2ccc(-c3ccn4nc(N[C@H]5CC[C@H](N6CCN(C)CC6)CC5)ncc34)nc21. The van der Waals surface area contributed by atoms with Gasteiger partial charge in [0.25, 0.3) is 0 Å². The molecule has 2 aliphatic rings. The zero-order valence-electron chi connectivity index (χ0n) is 21.0. The molecule has 1 saturated heterocycles. The van der Waals surface area contributed by atoms with Crippen molar-refractivity contribution in [2.75, 3.05) is 38.5 Å². The Kier molecular flexibility index (Phi) is 5.89. The average molecular weight is 474 g/mol. The number of hydrogen-bond donors (Lipinski definition) is 1. The molecule has 1 aliphatic carbocycles.